The average Bonchev–Trinajstić information content (AvgIpc) is 2.69. The Bertz CT molecular complexity index is 588. The van der Waals surface area contributed by atoms with Crippen molar-refractivity contribution in [2.45, 2.75) is 10.1 Å². The number of aromatic nitrogens is 2. The number of aliphatic imine (C=N–C) groups is 1. The molecule has 0 amide bonds. The standard InChI is InChI=1S/C11H8ClN3S2/c1-15-5-4-13-11(15)17-10-3-2-8(14-7-16)6-9(10)12/h2-6H,1H3. The van der Waals surface area contributed by atoms with E-state index in [0.29, 0.717) is 10.7 Å². The molecule has 86 valence electrons. The number of halogens is 1. The largest absolute Gasteiger partial charge is 0.329 e. The molecule has 0 aliphatic carbocycles. The molecule has 3 nitrogen and oxygen atoms in total. The van der Waals surface area contributed by atoms with E-state index in [4.69, 9.17) is 11.6 Å². The molecule has 0 aliphatic rings. The highest BCUT2D eigenvalue weighted by Gasteiger charge is 2.06. The van der Waals surface area contributed by atoms with Gasteiger partial charge in [0.25, 0.3) is 0 Å². The molecule has 1 aromatic carbocycles. The first-order valence-electron chi connectivity index (χ1n) is 4.73. The maximum Gasteiger partial charge on any atom is 0.172 e. The van der Waals surface area contributed by atoms with E-state index in [1.54, 1.807) is 12.3 Å². The zero-order valence-electron chi connectivity index (χ0n) is 8.92. The van der Waals surface area contributed by atoms with Crippen LogP contribution in [0.2, 0.25) is 5.02 Å². The lowest BCUT2D eigenvalue weighted by atomic mass is 10.3. The molecule has 0 atom stereocenters. The molecule has 0 N–H and O–H groups in total. The predicted octanol–water partition coefficient (Wildman–Crippen LogP) is 3.96. The summed E-state index contributed by atoms with van der Waals surface area (Å²) < 4.78 is 1.93. The number of nitrogens with zero attached hydrogens (tertiary/aromatic N) is 3. The number of hydrogen-bond acceptors (Lipinski definition) is 4. The number of isothiocyanates is 1. The fraction of sp³-hybridized carbons (Fsp3) is 0.0909. The zero-order valence-corrected chi connectivity index (χ0v) is 11.3. The topological polar surface area (TPSA) is 30.2 Å². The quantitative estimate of drug-likeness (QED) is 0.630. The van der Waals surface area contributed by atoms with Crippen LogP contribution >= 0.6 is 35.6 Å². The van der Waals surface area contributed by atoms with Gasteiger partial charge in [-0.05, 0) is 30.4 Å². The summed E-state index contributed by atoms with van der Waals surface area (Å²) in [6.07, 6.45) is 3.64. The van der Waals surface area contributed by atoms with Crippen molar-refractivity contribution in [1.82, 2.24) is 9.55 Å². The lowest BCUT2D eigenvalue weighted by Crippen LogP contribution is -1.88. The molecule has 6 heteroatoms. The number of thiocarbonyl (C=S) groups is 1. The molecular formula is C11H8ClN3S2. The van der Waals surface area contributed by atoms with Crippen LogP contribution in [0, 0.1) is 0 Å². The molecule has 0 saturated carbocycles. The second kappa shape index (κ2) is 5.47. The van der Waals surface area contributed by atoms with Gasteiger partial charge < -0.3 is 4.57 Å². The first kappa shape index (κ1) is 12.3. The third-order valence-corrected chi connectivity index (χ3v) is 3.74. The van der Waals surface area contributed by atoms with Crippen LogP contribution in [0.25, 0.3) is 0 Å². The SMILES string of the molecule is Cn1ccnc1Sc1ccc(N=C=S)cc1Cl. The zero-order chi connectivity index (χ0) is 12.3. The normalized spacial score (nSPS) is 10.0. The van der Waals surface area contributed by atoms with Crippen molar-refractivity contribution in [1.29, 1.82) is 0 Å². The average molecular weight is 282 g/mol. The van der Waals surface area contributed by atoms with Crippen LogP contribution < -0.4 is 0 Å². The molecule has 2 rings (SSSR count). The van der Waals surface area contributed by atoms with Crippen LogP contribution in [0.5, 0.6) is 0 Å². The number of aryl methyl sites for hydroxylation is 1. The van der Waals surface area contributed by atoms with Gasteiger partial charge in [-0.15, -0.1) is 0 Å². The first-order valence-corrected chi connectivity index (χ1v) is 6.33. The minimum atomic E-state index is 0.629. The van der Waals surface area contributed by atoms with E-state index in [2.05, 4.69) is 27.4 Å². The summed E-state index contributed by atoms with van der Waals surface area (Å²) in [5, 5.41) is 3.83. The molecule has 0 aliphatic heterocycles. The molecule has 0 saturated heterocycles. The number of rotatable bonds is 3. The van der Waals surface area contributed by atoms with Crippen molar-refractivity contribution in [2.75, 3.05) is 0 Å². The summed E-state index contributed by atoms with van der Waals surface area (Å²) >= 11 is 12.2. The van der Waals surface area contributed by atoms with Crippen molar-refractivity contribution in [2.24, 2.45) is 12.0 Å². The van der Waals surface area contributed by atoms with Gasteiger partial charge in [0.15, 0.2) is 5.16 Å². The molecule has 0 spiro atoms. The highest BCUT2D eigenvalue weighted by molar-refractivity contribution is 7.99. The van der Waals surface area contributed by atoms with Crippen molar-refractivity contribution in [3.8, 4) is 0 Å². The Hall–Kier alpha value is -1.13. The minimum absolute atomic E-state index is 0.629. The molecule has 0 unspecified atom stereocenters. The van der Waals surface area contributed by atoms with Gasteiger partial charge >= 0.3 is 0 Å². The second-order valence-corrected chi connectivity index (χ2v) is 4.84. The van der Waals surface area contributed by atoms with E-state index in [1.165, 1.54) is 11.8 Å². The Morgan fingerprint density at radius 3 is 2.94 bits per heavy atom. The summed E-state index contributed by atoms with van der Waals surface area (Å²) in [7, 11) is 1.94. The summed E-state index contributed by atoms with van der Waals surface area (Å²) in [5.41, 5.74) is 0.703. The third kappa shape index (κ3) is 2.96. The summed E-state index contributed by atoms with van der Waals surface area (Å²) in [6, 6.07) is 5.50. The van der Waals surface area contributed by atoms with Crippen LogP contribution in [-0.2, 0) is 7.05 Å². The first-order chi connectivity index (χ1) is 8.20. The van der Waals surface area contributed by atoms with Gasteiger partial charge in [-0.25, -0.2) is 4.98 Å². The van der Waals surface area contributed by atoms with E-state index in [9.17, 15) is 0 Å². The Kier molecular flexibility index (Phi) is 3.97. The van der Waals surface area contributed by atoms with Gasteiger partial charge in [-0.3, -0.25) is 0 Å². The second-order valence-electron chi connectivity index (χ2n) is 3.24. The van der Waals surface area contributed by atoms with Crippen molar-refractivity contribution in [3.05, 3.63) is 35.6 Å². The van der Waals surface area contributed by atoms with Gasteiger partial charge in [-0.2, -0.15) is 4.99 Å². The Balaban J connectivity index is 2.28. The maximum atomic E-state index is 6.15. The lowest BCUT2D eigenvalue weighted by molar-refractivity contribution is 0.790. The molecule has 0 fully saturated rings. The highest BCUT2D eigenvalue weighted by Crippen LogP contribution is 2.34. The predicted molar refractivity (Wildman–Crippen MR) is 73.5 cm³/mol. The van der Waals surface area contributed by atoms with Gasteiger partial charge in [-0.1, -0.05) is 23.4 Å². The summed E-state index contributed by atoms with van der Waals surface area (Å²) in [4.78, 5) is 9.03. The number of imidazole rings is 1. The molecule has 17 heavy (non-hydrogen) atoms. The third-order valence-electron chi connectivity index (χ3n) is 2.07. The van der Waals surface area contributed by atoms with E-state index in [1.807, 2.05) is 29.9 Å². The van der Waals surface area contributed by atoms with E-state index >= 15 is 0 Å². The van der Waals surface area contributed by atoms with Gasteiger partial charge in [0.05, 0.1) is 15.9 Å². The molecule has 1 aromatic heterocycles. The van der Waals surface area contributed by atoms with Gasteiger partial charge in [0.2, 0.25) is 0 Å². The highest BCUT2D eigenvalue weighted by atomic mass is 35.5. The Morgan fingerprint density at radius 1 is 1.53 bits per heavy atom. The van der Waals surface area contributed by atoms with Crippen molar-refractivity contribution < 1.29 is 0 Å². The van der Waals surface area contributed by atoms with Gasteiger partial charge in [0, 0.05) is 24.3 Å². The van der Waals surface area contributed by atoms with Crippen LogP contribution in [0.3, 0.4) is 0 Å². The minimum Gasteiger partial charge on any atom is -0.329 e. The lowest BCUT2D eigenvalue weighted by Gasteiger charge is -2.04. The Labute approximate surface area is 114 Å². The molecule has 2 aromatic rings. The molecule has 0 bridgehead atoms. The Morgan fingerprint density at radius 2 is 2.35 bits per heavy atom. The number of hydrogen-bond donors (Lipinski definition) is 0. The monoisotopic (exact) mass is 281 g/mol. The molecule has 1 heterocycles. The van der Waals surface area contributed by atoms with E-state index in [0.717, 1.165) is 10.1 Å². The maximum absolute atomic E-state index is 6.15. The van der Waals surface area contributed by atoms with Crippen molar-refractivity contribution >= 4 is 46.4 Å². The van der Waals surface area contributed by atoms with Gasteiger partial charge in [0.1, 0.15) is 0 Å². The summed E-state index contributed by atoms with van der Waals surface area (Å²) in [6.45, 7) is 0. The van der Waals surface area contributed by atoms with Crippen molar-refractivity contribution in [3.63, 3.8) is 0 Å². The van der Waals surface area contributed by atoms with Crippen LogP contribution in [0.15, 0.2) is 45.6 Å². The van der Waals surface area contributed by atoms with Crippen LogP contribution in [0.1, 0.15) is 0 Å². The van der Waals surface area contributed by atoms with Crippen LogP contribution in [0.4, 0.5) is 5.69 Å². The molecule has 0 radical (unpaired) electrons. The van der Waals surface area contributed by atoms with E-state index < -0.39 is 0 Å². The smallest absolute Gasteiger partial charge is 0.172 e. The number of benzene rings is 1. The summed E-state index contributed by atoms with van der Waals surface area (Å²) in [5.74, 6) is 0. The fourth-order valence-electron chi connectivity index (χ4n) is 1.24. The fourth-order valence-corrected chi connectivity index (χ4v) is 2.45. The van der Waals surface area contributed by atoms with E-state index in [-0.39, 0.29) is 0 Å². The molecular weight excluding hydrogens is 274 g/mol. The van der Waals surface area contributed by atoms with Crippen LogP contribution in [-0.4, -0.2) is 14.7 Å².